The standard InChI is InChI=1S/C25H30Cl2N4O2/c1-7-16(3)11-22(31-23(8-2)29-18-9-10-20(26)21(27)13-18)17-12-19(15-28-14-17)30-24(32)33-25(4,5)6/h8-15,29H,7H2,1-6H3,(H,30,32)/b16-11+,23-8-,31-22+. The Bertz CT molecular complexity index is 1090. The maximum Gasteiger partial charge on any atom is 0.412 e. The van der Waals surface area contributed by atoms with Gasteiger partial charge < -0.3 is 10.1 Å². The molecule has 8 heteroatoms. The molecule has 0 aliphatic carbocycles. The molecule has 0 aliphatic rings. The Morgan fingerprint density at radius 2 is 1.85 bits per heavy atom. The number of hydrogen-bond acceptors (Lipinski definition) is 5. The first-order valence-corrected chi connectivity index (χ1v) is 11.4. The van der Waals surface area contributed by atoms with Crippen LogP contribution in [0.25, 0.3) is 0 Å². The summed E-state index contributed by atoms with van der Waals surface area (Å²) in [6.45, 7) is 11.4. The SMILES string of the molecule is C\C=C(/N=C(\C=C(/C)CC)c1cncc(NC(=O)OC(C)(C)C)c1)Nc1ccc(Cl)c(Cl)c1. The fourth-order valence-corrected chi connectivity index (χ4v) is 2.90. The van der Waals surface area contributed by atoms with E-state index < -0.39 is 11.7 Å². The number of pyridine rings is 1. The molecule has 0 saturated carbocycles. The van der Waals surface area contributed by atoms with Crippen molar-refractivity contribution in [3.63, 3.8) is 0 Å². The topological polar surface area (TPSA) is 75.6 Å². The molecule has 0 unspecified atom stereocenters. The lowest BCUT2D eigenvalue weighted by Gasteiger charge is -2.19. The highest BCUT2D eigenvalue weighted by molar-refractivity contribution is 6.42. The molecule has 0 spiro atoms. The van der Waals surface area contributed by atoms with Crippen LogP contribution < -0.4 is 10.6 Å². The summed E-state index contributed by atoms with van der Waals surface area (Å²) in [4.78, 5) is 21.3. The van der Waals surface area contributed by atoms with Gasteiger partial charge in [0.25, 0.3) is 0 Å². The van der Waals surface area contributed by atoms with Crippen molar-refractivity contribution in [1.82, 2.24) is 4.98 Å². The van der Waals surface area contributed by atoms with E-state index in [-0.39, 0.29) is 0 Å². The number of aliphatic imine (C=N–C) groups is 1. The van der Waals surface area contributed by atoms with Gasteiger partial charge in [0.05, 0.1) is 27.6 Å². The van der Waals surface area contributed by atoms with E-state index in [1.54, 1.807) is 24.5 Å². The lowest BCUT2D eigenvalue weighted by atomic mass is 10.1. The van der Waals surface area contributed by atoms with Crippen LogP contribution in [0, 0.1) is 0 Å². The van der Waals surface area contributed by atoms with Crippen LogP contribution >= 0.6 is 23.2 Å². The fourth-order valence-electron chi connectivity index (χ4n) is 2.60. The van der Waals surface area contributed by atoms with Crippen molar-refractivity contribution >= 4 is 46.4 Å². The molecule has 33 heavy (non-hydrogen) atoms. The van der Waals surface area contributed by atoms with Crippen LogP contribution in [0.15, 0.2) is 65.2 Å². The average molecular weight is 489 g/mol. The second-order valence-corrected chi connectivity index (χ2v) is 9.17. The van der Waals surface area contributed by atoms with E-state index in [1.165, 1.54) is 0 Å². The zero-order valence-electron chi connectivity index (χ0n) is 19.8. The highest BCUT2D eigenvalue weighted by atomic mass is 35.5. The maximum atomic E-state index is 12.2. The molecule has 1 aromatic carbocycles. The van der Waals surface area contributed by atoms with E-state index >= 15 is 0 Å². The Morgan fingerprint density at radius 3 is 2.45 bits per heavy atom. The van der Waals surface area contributed by atoms with Crippen molar-refractivity contribution in [2.24, 2.45) is 4.99 Å². The number of aromatic nitrogens is 1. The molecule has 0 fully saturated rings. The summed E-state index contributed by atoms with van der Waals surface area (Å²) in [5, 5.41) is 6.91. The van der Waals surface area contributed by atoms with Crippen molar-refractivity contribution in [3.05, 3.63) is 75.8 Å². The Labute approximate surface area is 205 Å². The summed E-state index contributed by atoms with van der Waals surface area (Å²) in [6.07, 6.45) is 7.43. The van der Waals surface area contributed by atoms with Crippen molar-refractivity contribution in [2.45, 2.75) is 53.6 Å². The fraction of sp³-hybridized carbons (Fsp3) is 0.320. The van der Waals surface area contributed by atoms with Crippen LogP contribution in [0.5, 0.6) is 0 Å². The van der Waals surface area contributed by atoms with Gasteiger partial charge in [-0.05, 0) is 77.5 Å². The highest BCUT2D eigenvalue weighted by Gasteiger charge is 2.16. The van der Waals surface area contributed by atoms with Gasteiger partial charge in [-0.15, -0.1) is 0 Å². The van der Waals surface area contributed by atoms with E-state index in [0.29, 0.717) is 27.3 Å². The van der Waals surface area contributed by atoms with Crippen molar-refractivity contribution < 1.29 is 9.53 Å². The number of amides is 1. The molecule has 0 radical (unpaired) electrons. The first-order valence-electron chi connectivity index (χ1n) is 10.6. The number of carbonyl (C=O) groups excluding carboxylic acids is 1. The number of rotatable bonds is 7. The number of allylic oxidation sites excluding steroid dienone is 3. The van der Waals surface area contributed by atoms with Gasteiger partial charge in [0.15, 0.2) is 0 Å². The van der Waals surface area contributed by atoms with Crippen LogP contribution in [-0.2, 0) is 4.74 Å². The van der Waals surface area contributed by atoms with Gasteiger partial charge in [0, 0.05) is 17.4 Å². The molecule has 0 saturated heterocycles. The van der Waals surface area contributed by atoms with E-state index in [0.717, 1.165) is 23.2 Å². The van der Waals surface area contributed by atoms with Gasteiger partial charge in [-0.1, -0.05) is 35.7 Å². The van der Waals surface area contributed by atoms with E-state index in [4.69, 9.17) is 32.9 Å². The molecule has 0 bridgehead atoms. The summed E-state index contributed by atoms with van der Waals surface area (Å²) in [7, 11) is 0. The summed E-state index contributed by atoms with van der Waals surface area (Å²) in [5.74, 6) is 0.619. The Balaban J connectivity index is 2.38. The molecule has 2 rings (SSSR count). The highest BCUT2D eigenvalue weighted by Crippen LogP contribution is 2.26. The maximum absolute atomic E-state index is 12.2. The number of nitrogens with one attached hydrogen (secondary N) is 2. The van der Waals surface area contributed by atoms with Crippen LogP contribution in [0.3, 0.4) is 0 Å². The Kier molecular flexibility index (Phi) is 9.50. The zero-order valence-corrected chi connectivity index (χ0v) is 21.3. The number of hydrogen-bond donors (Lipinski definition) is 2. The van der Waals surface area contributed by atoms with Gasteiger partial charge >= 0.3 is 6.09 Å². The largest absolute Gasteiger partial charge is 0.444 e. The molecule has 1 aromatic heterocycles. The minimum atomic E-state index is -0.597. The predicted octanol–water partition coefficient (Wildman–Crippen LogP) is 7.85. The second kappa shape index (κ2) is 11.9. The molecule has 6 nitrogen and oxygen atoms in total. The van der Waals surface area contributed by atoms with Gasteiger partial charge in [0.1, 0.15) is 11.4 Å². The van der Waals surface area contributed by atoms with Crippen LogP contribution in [0.4, 0.5) is 16.2 Å². The summed E-state index contributed by atoms with van der Waals surface area (Å²) in [5.41, 5.74) is 3.25. The first kappa shape index (κ1) is 26.4. The second-order valence-electron chi connectivity index (χ2n) is 8.36. The Hall–Kier alpha value is -2.83. The number of halogens is 2. The summed E-state index contributed by atoms with van der Waals surface area (Å²) in [6, 6.07) is 7.10. The molecular formula is C25H30Cl2N4O2. The molecule has 2 aromatic rings. The van der Waals surface area contributed by atoms with E-state index in [1.807, 2.05) is 58.9 Å². The smallest absolute Gasteiger partial charge is 0.412 e. The van der Waals surface area contributed by atoms with E-state index in [9.17, 15) is 4.79 Å². The normalized spacial score (nSPS) is 13.0. The predicted molar refractivity (Wildman–Crippen MR) is 139 cm³/mol. The van der Waals surface area contributed by atoms with Gasteiger partial charge in [-0.3, -0.25) is 10.3 Å². The molecule has 1 amide bonds. The molecule has 2 N–H and O–H groups in total. The molecule has 0 aliphatic heterocycles. The van der Waals surface area contributed by atoms with Gasteiger partial charge in [-0.2, -0.15) is 0 Å². The molecule has 176 valence electrons. The third-order valence-electron chi connectivity index (χ3n) is 4.33. The number of ether oxygens (including phenoxy) is 1. The monoisotopic (exact) mass is 488 g/mol. The van der Waals surface area contributed by atoms with Gasteiger partial charge in [0.2, 0.25) is 0 Å². The van der Waals surface area contributed by atoms with Crippen LogP contribution in [-0.4, -0.2) is 22.4 Å². The lowest BCUT2D eigenvalue weighted by molar-refractivity contribution is 0.0636. The third-order valence-corrected chi connectivity index (χ3v) is 5.07. The van der Waals surface area contributed by atoms with Crippen molar-refractivity contribution in [3.8, 4) is 0 Å². The molecule has 0 atom stereocenters. The first-order chi connectivity index (χ1) is 15.5. The quantitative estimate of drug-likeness (QED) is 0.388. The van der Waals surface area contributed by atoms with Crippen LogP contribution in [0.2, 0.25) is 10.0 Å². The van der Waals surface area contributed by atoms with Gasteiger partial charge in [-0.25, -0.2) is 9.79 Å². The van der Waals surface area contributed by atoms with Crippen molar-refractivity contribution in [1.29, 1.82) is 0 Å². The average Bonchev–Trinajstić information content (AvgIpc) is 2.73. The van der Waals surface area contributed by atoms with Crippen LogP contribution in [0.1, 0.15) is 53.5 Å². The number of nitrogens with zero attached hydrogens (tertiary/aromatic N) is 2. The molecule has 1 heterocycles. The third kappa shape index (κ3) is 8.91. The minimum absolute atomic E-state index is 0.452. The number of carbonyl (C=O) groups is 1. The lowest BCUT2D eigenvalue weighted by Crippen LogP contribution is -2.27. The minimum Gasteiger partial charge on any atom is -0.444 e. The van der Waals surface area contributed by atoms with Crippen molar-refractivity contribution in [2.75, 3.05) is 10.6 Å². The number of benzene rings is 1. The Morgan fingerprint density at radius 1 is 1.12 bits per heavy atom. The summed E-state index contributed by atoms with van der Waals surface area (Å²) >= 11 is 12.2. The summed E-state index contributed by atoms with van der Waals surface area (Å²) < 4.78 is 5.33. The zero-order chi connectivity index (χ0) is 24.6. The number of anilines is 2. The molecular weight excluding hydrogens is 459 g/mol. The van der Waals surface area contributed by atoms with E-state index in [2.05, 4.69) is 22.5 Å².